The van der Waals surface area contributed by atoms with Crippen molar-refractivity contribution in [2.24, 2.45) is 11.8 Å². The lowest BCUT2D eigenvalue weighted by atomic mass is 10.1. The van der Waals surface area contributed by atoms with E-state index < -0.39 is 0 Å². The minimum absolute atomic E-state index is 0.0148. The molecule has 7 nitrogen and oxygen atoms in total. The Labute approximate surface area is 137 Å². The highest BCUT2D eigenvalue weighted by Crippen LogP contribution is 2.21. The van der Waals surface area contributed by atoms with Crippen LogP contribution in [-0.2, 0) is 19.1 Å². The highest BCUT2D eigenvalue weighted by molar-refractivity contribution is 5.89. The Morgan fingerprint density at radius 3 is 2.35 bits per heavy atom. The smallest absolute Gasteiger partial charge is 0.228 e. The van der Waals surface area contributed by atoms with E-state index in [2.05, 4.69) is 0 Å². The van der Waals surface area contributed by atoms with Gasteiger partial charge in [0.25, 0.3) is 0 Å². The van der Waals surface area contributed by atoms with E-state index in [4.69, 9.17) is 4.74 Å². The molecule has 0 spiro atoms. The molecule has 130 valence electrons. The van der Waals surface area contributed by atoms with E-state index in [0.29, 0.717) is 45.9 Å². The Bertz CT molecular complexity index is 458. The molecule has 2 aliphatic rings. The summed E-state index contributed by atoms with van der Waals surface area (Å²) in [6.45, 7) is 7.55. The van der Waals surface area contributed by atoms with Crippen molar-refractivity contribution in [1.82, 2.24) is 14.7 Å². The average Bonchev–Trinajstić information content (AvgIpc) is 2.92. The van der Waals surface area contributed by atoms with Crippen LogP contribution in [0.2, 0.25) is 0 Å². The van der Waals surface area contributed by atoms with Gasteiger partial charge in [0.1, 0.15) is 0 Å². The second-order valence-electron chi connectivity index (χ2n) is 6.54. The van der Waals surface area contributed by atoms with Gasteiger partial charge in [0.05, 0.1) is 12.5 Å². The van der Waals surface area contributed by atoms with E-state index in [1.54, 1.807) is 16.9 Å². The van der Waals surface area contributed by atoms with Crippen LogP contribution in [0.4, 0.5) is 0 Å². The Balaban J connectivity index is 1.83. The summed E-state index contributed by atoms with van der Waals surface area (Å²) in [6.07, 6.45) is 0.285. The minimum atomic E-state index is -0.258. The third-order valence-electron chi connectivity index (χ3n) is 4.53. The molecule has 7 heteroatoms. The summed E-state index contributed by atoms with van der Waals surface area (Å²) in [5, 5.41) is 0. The second kappa shape index (κ2) is 7.77. The number of hydrogen-bond acceptors (Lipinski definition) is 4. The van der Waals surface area contributed by atoms with Gasteiger partial charge >= 0.3 is 0 Å². The molecule has 23 heavy (non-hydrogen) atoms. The first kappa shape index (κ1) is 17.7. The van der Waals surface area contributed by atoms with Gasteiger partial charge in [0.2, 0.25) is 17.7 Å². The predicted molar refractivity (Wildman–Crippen MR) is 84.6 cm³/mol. The molecule has 2 saturated heterocycles. The number of rotatable bonds is 5. The molecule has 0 aromatic heterocycles. The third kappa shape index (κ3) is 4.22. The van der Waals surface area contributed by atoms with Crippen LogP contribution in [-0.4, -0.2) is 85.4 Å². The summed E-state index contributed by atoms with van der Waals surface area (Å²) >= 11 is 0. The maximum atomic E-state index is 12.6. The second-order valence-corrected chi connectivity index (χ2v) is 6.54. The summed E-state index contributed by atoms with van der Waals surface area (Å²) < 4.78 is 4.99. The summed E-state index contributed by atoms with van der Waals surface area (Å²) in [5.74, 6) is -0.0754. The van der Waals surface area contributed by atoms with Crippen molar-refractivity contribution in [3.8, 4) is 0 Å². The Morgan fingerprint density at radius 1 is 1.17 bits per heavy atom. The largest absolute Gasteiger partial charge is 0.383 e. The SMILES string of the molecule is COCCN1CC(C(=O)N2CCN(C(=O)C(C)C)CC2)CC1=O. The Hall–Kier alpha value is -1.63. The maximum Gasteiger partial charge on any atom is 0.228 e. The van der Waals surface area contributed by atoms with Gasteiger partial charge in [-0.2, -0.15) is 0 Å². The zero-order valence-corrected chi connectivity index (χ0v) is 14.3. The number of carbonyl (C=O) groups is 3. The van der Waals surface area contributed by atoms with E-state index >= 15 is 0 Å². The van der Waals surface area contributed by atoms with Crippen LogP contribution in [0.5, 0.6) is 0 Å². The van der Waals surface area contributed by atoms with Crippen LogP contribution in [0.1, 0.15) is 20.3 Å². The molecule has 0 aromatic rings. The molecule has 3 amide bonds. The molecule has 2 aliphatic heterocycles. The fraction of sp³-hybridized carbons (Fsp3) is 0.812. The van der Waals surface area contributed by atoms with Gasteiger partial charge in [-0.05, 0) is 0 Å². The van der Waals surface area contributed by atoms with Gasteiger partial charge in [-0.3, -0.25) is 14.4 Å². The molecule has 0 aliphatic carbocycles. The molecular weight excluding hydrogens is 298 g/mol. The molecule has 1 unspecified atom stereocenters. The van der Waals surface area contributed by atoms with E-state index in [0.717, 1.165) is 0 Å². The molecule has 2 heterocycles. The molecule has 0 aromatic carbocycles. The Morgan fingerprint density at radius 2 is 1.78 bits per heavy atom. The number of carbonyl (C=O) groups excluding carboxylic acids is 3. The van der Waals surface area contributed by atoms with E-state index in [1.807, 2.05) is 18.7 Å². The zero-order chi connectivity index (χ0) is 17.0. The number of methoxy groups -OCH3 is 1. The van der Waals surface area contributed by atoms with Gasteiger partial charge in [-0.15, -0.1) is 0 Å². The molecule has 2 fully saturated rings. The predicted octanol–water partition coefficient (Wildman–Crippen LogP) is -0.192. The van der Waals surface area contributed by atoms with Crippen LogP contribution in [0.15, 0.2) is 0 Å². The third-order valence-corrected chi connectivity index (χ3v) is 4.53. The quantitative estimate of drug-likeness (QED) is 0.702. The number of amides is 3. The fourth-order valence-corrected chi connectivity index (χ4v) is 3.13. The van der Waals surface area contributed by atoms with Crippen LogP contribution < -0.4 is 0 Å². The topological polar surface area (TPSA) is 70.2 Å². The average molecular weight is 325 g/mol. The monoisotopic (exact) mass is 325 g/mol. The molecular formula is C16H27N3O4. The van der Waals surface area contributed by atoms with Gasteiger partial charge in [-0.25, -0.2) is 0 Å². The van der Waals surface area contributed by atoms with Crippen molar-refractivity contribution in [3.63, 3.8) is 0 Å². The van der Waals surface area contributed by atoms with E-state index in [1.165, 1.54) is 0 Å². The number of ether oxygens (including phenoxy) is 1. The van der Waals surface area contributed by atoms with Crippen molar-refractivity contribution >= 4 is 17.7 Å². The van der Waals surface area contributed by atoms with Crippen LogP contribution in [0.25, 0.3) is 0 Å². The summed E-state index contributed by atoms with van der Waals surface area (Å²) in [5.41, 5.74) is 0. The van der Waals surface area contributed by atoms with Crippen molar-refractivity contribution in [3.05, 3.63) is 0 Å². The van der Waals surface area contributed by atoms with Crippen molar-refractivity contribution in [2.45, 2.75) is 20.3 Å². The van der Waals surface area contributed by atoms with E-state index in [-0.39, 0.29) is 36.0 Å². The maximum absolute atomic E-state index is 12.6. The minimum Gasteiger partial charge on any atom is -0.383 e. The van der Waals surface area contributed by atoms with Crippen LogP contribution >= 0.6 is 0 Å². The molecule has 1 atom stereocenters. The van der Waals surface area contributed by atoms with E-state index in [9.17, 15) is 14.4 Å². The van der Waals surface area contributed by atoms with Gasteiger partial charge in [0.15, 0.2) is 0 Å². The van der Waals surface area contributed by atoms with Crippen molar-refractivity contribution in [2.75, 3.05) is 53.0 Å². The standard InChI is InChI=1S/C16H27N3O4/c1-12(2)15(21)17-4-6-18(7-5-17)16(22)13-10-14(20)19(11-13)8-9-23-3/h12-13H,4-11H2,1-3H3. The number of piperazine rings is 1. The highest BCUT2D eigenvalue weighted by Gasteiger charge is 2.37. The van der Waals surface area contributed by atoms with Crippen LogP contribution in [0.3, 0.4) is 0 Å². The summed E-state index contributed by atoms with van der Waals surface area (Å²) in [4.78, 5) is 41.8. The molecule has 0 radical (unpaired) electrons. The lowest BCUT2D eigenvalue weighted by Crippen LogP contribution is -2.53. The number of hydrogen-bond donors (Lipinski definition) is 0. The highest BCUT2D eigenvalue weighted by atomic mass is 16.5. The van der Waals surface area contributed by atoms with Gasteiger partial charge < -0.3 is 19.4 Å². The molecule has 0 N–H and O–H groups in total. The van der Waals surface area contributed by atoms with Crippen molar-refractivity contribution < 1.29 is 19.1 Å². The molecule has 2 rings (SSSR count). The lowest BCUT2D eigenvalue weighted by Gasteiger charge is -2.36. The van der Waals surface area contributed by atoms with Gasteiger partial charge in [-0.1, -0.05) is 13.8 Å². The normalized spacial score (nSPS) is 22.2. The fourth-order valence-electron chi connectivity index (χ4n) is 3.13. The molecule has 0 saturated carbocycles. The summed E-state index contributed by atoms with van der Waals surface area (Å²) in [7, 11) is 1.60. The Kier molecular flexibility index (Phi) is 5.98. The number of nitrogens with zero attached hydrogens (tertiary/aromatic N) is 3. The zero-order valence-electron chi connectivity index (χ0n) is 14.3. The first-order valence-electron chi connectivity index (χ1n) is 8.28. The van der Waals surface area contributed by atoms with Gasteiger partial charge in [0, 0.05) is 58.7 Å². The summed E-state index contributed by atoms with van der Waals surface area (Å²) in [6, 6.07) is 0. The first-order chi connectivity index (χ1) is 10.9. The van der Waals surface area contributed by atoms with Crippen molar-refractivity contribution in [1.29, 1.82) is 0 Å². The van der Waals surface area contributed by atoms with Crippen LogP contribution in [0, 0.1) is 11.8 Å². The lowest BCUT2D eigenvalue weighted by molar-refractivity contribution is -0.143. The number of likely N-dealkylation sites (tertiary alicyclic amines) is 1. The first-order valence-corrected chi connectivity index (χ1v) is 8.28. The molecule has 0 bridgehead atoms.